The van der Waals surface area contributed by atoms with Crippen LogP contribution in [0.3, 0.4) is 0 Å². The number of benzene rings is 1. The Bertz CT molecular complexity index is 337. The molecule has 0 aliphatic rings. The van der Waals surface area contributed by atoms with Gasteiger partial charge in [-0.05, 0) is 24.1 Å². The summed E-state index contributed by atoms with van der Waals surface area (Å²) in [4.78, 5) is 12.2. The van der Waals surface area contributed by atoms with E-state index in [-0.39, 0.29) is 0 Å². The molecule has 0 aliphatic carbocycles. The number of carbonyl (C=O) groups is 1. The summed E-state index contributed by atoms with van der Waals surface area (Å²) in [5.74, 6) is 0. The van der Waals surface area contributed by atoms with E-state index in [1.54, 1.807) is 12.1 Å². The average molecular weight is 210 g/mol. The van der Waals surface area contributed by atoms with Gasteiger partial charge in [0.2, 0.25) is 0 Å². The second-order valence-electron chi connectivity index (χ2n) is 2.70. The van der Waals surface area contributed by atoms with E-state index in [0.717, 1.165) is 22.3 Å². The summed E-state index contributed by atoms with van der Waals surface area (Å²) in [5.41, 5.74) is 2.35. The van der Waals surface area contributed by atoms with Crippen molar-refractivity contribution in [2.45, 2.75) is 16.7 Å². The van der Waals surface area contributed by atoms with Crippen LogP contribution in [0.2, 0.25) is 0 Å². The fourth-order valence-electron chi connectivity index (χ4n) is 1.09. The van der Waals surface area contributed by atoms with E-state index in [9.17, 15) is 4.79 Å². The van der Waals surface area contributed by atoms with Crippen LogP contribution < -0.4 is 0 Å². The highest BCUT2D eigenvalue weighted by atomic mass is 32.1. The topological polar surface area (TPSA) is 17.1 Å². The summed E-state index contributed by atoms with van der Waals surface area (Å²) in [6, 6.07) is 1.73. The van der Waals surface area contributed by atoms with Crippen molar-refractivity contribution < 1.29 is 4.79 Å². The van der Waals surface area contributed by atoms with Crippen LogP contribution in [0.4, 0.5) is 0 Å². The Hall–Kier alpha value is -0.670. The molecule has 0 aliphatic heterocycles. The zero-order valence-electron chi connectivity index (χ0n) is 7.24. The van der Waals surface area contributed by atoms with E-state index in [0.29, 0.717) is 10.5 Å². The van der Waals surface area contributed by atoms with Crippen molar-refractivity contribution in [1.82, 2.24) is 0 Å². The minimum Gasteiger partial charge on any atom is -0.298 e. The normalized spacial score (nSPS) is 9.77. The molecule has 1 rings (SSSR count). The van der Waals surface area contributed by atoms with Gasteiger partial charge in [0, 0.05) is 15.4 Å². The van der Waals surface area contributed by atoms with Crippen molar-refractivity contribution in [2.24, 2.45) is 0 Å². The summed E-state index contributed by atoms with van der Waals surface area (Å²) in [6.07, 6.45) is 2.46. The lowest BCUT2D eigenvalue weighted by Crippen LogP contribution is -1.91. The number of rotatable bonds is 2. The highest BCUT2D eigenvalue weighted by molar-refractivity contribution is 7.81. The van der Waals surface area contributed by atoms with Crippen molar-refractivity contribution >= 4 is 37.6 Å². The lowest BCUT2D eigenvalue weighted by atomic mass is 10.1. The summed E-state index contributed by atoms with van der Waals surface area (Å²) in [7, 11) is 0. The molecule has 0 N–H and O–H groups in total. The van der Waals surface area contributed by atoms with Crippen LogP contribution in [0.25, 0.3) is 6.08 Å². The van der Waals surface area contributed by atoms with E-state index in [4.69, 9.17) is 0 Å². The van der Waals surface area contributed by atoms with Gasteiger partial charge >= 0.3 is 0 Å². The monoisotopic (exact) mass is 210 g/mol. The maximum absolute atomic E-state index is 10.7. The third-order valence-corrected chi connectivity index (χ3v) is 3.10. The zero-order valence-corrected chi connectivity index (χ0v) is 9.03. The molecule has 68 valence electrons. The number of carbonyl (C=O) groups excluding carboxylic acids is 1. The predicted molar refractivity (Wildman–Crippen MR) is 61.2 cm³/mol. The predicted octanol–water partition coefficient (Wildman–Crippen LogP) is 3.03. The van der Waals surface area contributed by atoms with Gasteiger partial charge in [-0.3, -0.25) is 4.79 Å². The first-order valence-electron chi connectivity index (χ1n) is 3.75. The largest absolute Gasteiger partial charge is 0.298 e. The molecule has 0 saturated carbocycles. The maximum atomic E-state index is 10.7. The van der Waals surface area contributed by atoms with Crippen molar-refractivity contribution in [3.63, 3.8) is 0 Å². The molecule has 1 aromatic carbocycles. The zero-order chi connectivity index (χ0) is 10.0. The van der Waals surface area contributed by atoms with Crippen LogP contribution >= 0.6 is 25.3 Å². The molecule has 0 unspecified atom stereocenters. The third kappa shape index (κ3) is 1.81. The van der Waals surface area contributed by atoms with Gasteiger partial charge in [-0.2, -0.15) is 0 Å². The van der Waals surface area contributed by atoms with Crippen molar-refractivity contribution in [2.75, 3.05) is 0 Å². The molecule has 0 aromatic heterocycles. The van der Waals surface area contributed by atoms with Crippen LogP contribution in [0.1, 0.15) is 21.5 Å². The van der Waals surface area contributed by atoms with Gasteiger partial charge in [-0.25, -0.2) is 0 Å². The summed E-state index contributed by atoms with van der Waals surface area (Å²) in [5, 5.41) is 0. The lowest BCUT2D eigenvalue weighted by Gasteiger charge is -2.08. The van der Waals surface area contributed by atoms with Gasteiger partial charge in [0.05, 0.1) is 0 Å². The second kappa shape index (κ2) is 4.03. The van der Waals surface area contributed by atoms with Crippen LogP contribution in [0.5, 0.6) is 0 Å². The molecular weight excluding hydrogens is 200 g/mol. The highest BCUT2D eigenvalue weighted by Gasteiger charge is 2.07. The quantitative estimate of drug-likeness (QED) is 0.567. The van der Waals surface area contributed by atoms with Gasteiger partial charge in [-0.15, -0.1) is 25.3 Å². The molecule has 0 radical (unpaired) electrons. The Balaban J connectivity index is 3.53. The van der Waals surface area contributed by atoms with Gasteiger partial charge in [-0.1, -0.05) is 12.7 Å². The van der Waals surface area contributed by atoms with Gasteiger partial charge in [0.25, 0.3) is 0 Å². The molecule has 0 amide bonds. The molecule has 0 spiro atoms. The van der Waals surface area contributed by atoms with E-state index in [1.807, 2.05) is 6.92 Å². The Kier molecular flexibility index (Phi) is 3.22. The Morgan fingerprint density at radius 3 is 2.31 bits per heavy atom. The first kappa shape index (κ1) is 10.4. The fourth-order valence-corrected chi connectivity index (χ4v) is 1.68. The molecule has 3 heteroatoms. The number of hydrogen-bond donors (Lipinski definition) is 2. The minimum atomic E-state index is 0.577. The van der Waals surface area contributed by atoms with Crippen LogP contribution in [0.15, 0.2) is 22.4 Å². The summed E-state index contributed by atoms with van der Waals surface area (Å²) >= 11 is 8.54. The average Bonchev–Trinajstić information content (AvgIpc) is 2.15. The minimum absolute atomic E-state index is 0.577. The van der Waals surface area contributed by atoms with E-state index in [1.165, 1.54) is 0 Å². The summed E-state index contributed by atoms with van der Waals surface area (Å²) < 4.78 is 0. The number of aldehydes is 1. The molecule has 0 fully saturated rings. The first-order valence-corrected chi connectivity index (χ1v) is 4.64. The molecule has 0 atom stereocenters. The van der Waals surface area contributed by atoms with E-state index < -0.39 is 0 Å². The van der Waals surface area contributed by atoms with E-state index in [2.05, 4.69) is 31.8 Å². The Labute approximate surface area is 88.7 Å². The SMILES string of the molecule is C=Cc1cc(C=O)c(S)c(C)c1S. The first-order chi connectivity index (χ1) is 6.11. The molecule has 1 nitrogen and oxygen atoms in total. The fraction of sp³-hybridized carbons (Fsp3) is 0.100. The van der Waals surface area contributed by atoms with Crippen LogP contribution in [-0.4, -0.2) is 6.29 Å². The van der Waals surface area contributed by atoms with Crippen LogP contribution in [0, 0.1) is 6.92 Å². The molecule has 0 bridgehead atoms. The van der Waals surface area contributed by atoms with Gasteiger partial charge in [0.1, 0.15) is 0 Å². The van der Waals surface area contributed by atoms with Crippen molar-refractivity contribution in [3.05, 3.63) is 29.3 Å². The van der Waals surface area contributed by atoms with Crippen molar-refractivity contribution in [3.8, 4) is 0 Å². The third-order valence-electron chi connectivity index (χ3n) is 1.92. The Morgan fingerprint density at radius 1 is 1.31 bits per heavy atom. The molecule has 1 aromatic rings. The molecule has 13 heavy (non-hydrogen) atoms. The second-order valence-corrected chi connectivity index (χ2v) is 3.59. The highest BCUT2D eigenvalue weighted by Crippen LogP contribution is 2.28. The molecule has 0 saturated heterocycles. The molecular formula is C10H10OS2. The van der Waals surface area contributed by atoms with E-state index >= 15 is 0 Å². The van der Waals surface area contributed by atoms with Gasteiger partial charge < -0.3 is 0 Å². The summed E-state index contributed by atoms with van der Waals surface area (Å²) in [6.45, 7) is 5.53. The number of thiol groups is 2. The van der Waals surface area contributed by atoms with Crippen molar-refractivity contribution in [1.29, 1.82) is 0 Å². The Morgan fingerprint density at radius 2 is 1.85 bits per heavy atom. The number of hydrogen-bond acceptors (Lipinski definition) is 3. The van der Waals surface area contributed by atoms with Gasteiger partial charge in [0.15, 0.2) is 6.29 Å². The van der Waals surface area contributed by atoms with Crippen LogP contribution in [-0.2, 0) is 0 Å². The molecule has 0 heterocycles. The maximum Gasteiger partial charge on any atom is 0.151 e. The standard InChI is InChI=1S/C10H10OS2/c1-3-7-4-8(5-11)10(13)6(2)9(7)12/h3-5,12-13H,1H2,2H3. The lowest BCUT2D eigenvalue weighted by molar-refractivity contribution is 0.112. The smallest absolute Gasteiger partial charge is 0.151 e.